The molecule has 0 unspecified atom stereocenters. The highest BCUT2D eigenvalue weighted by atomic mass is 16.4. The molecule has 0 bridgehead atoms. The molecular weight excluding hydrogens is 731 g/mol. The molecule has 8 aromatic rings. The second kappa shape index (κ2) is 16.5. The topological polar surface area (TPSA) is 198 Å². The third-order valence-electron chi connectivity index (χ3n) is 10.8. The number of carbonyl (C=O) groups excluding carboxylic acids is 3. The van der Waals surface area contributed by atoms with Gasteiger partial charge in [0.15, 0.2) is 0 Å². The van der Waals surface area contributed by atoms with Gasteiger partial charge >= 0.3 is 5.97 Å². The summed E-state index contributed by atoms with van der Waals surface area (Å²) < 4.78 is 0. The van der Waals surface area contributed by atoms with Gasteiger partial charge < -0.3 is 41.7 Å². The van der Waals surface area contributed by atoms with Gasteiger partial charge in [-0.05, 0) is 57.6 Å². The maximum absolute atomic E-state index is 14.5. The highest BCUT2D eigenvalue weighted by Gasteiger charge is 2.32. The van der Waals surface area contributed by atoms with Crippen LogP contribution in [0.15, 0.2) is 134 Å². The smallest absolute Gasteiger partial charge is 0.326 e. The van der Waals surface area contributed by atoms with Crippen molar-refractivity contribution in [2.24, 2.45) is 5.73 Å². The molecule has 0 aliphatic carbocycles. The Kier molecular flexibility index (Phi) is 10.7. The van der Waals surface area contributed by atoms with E-state index in [-0.39, 0.29) is 25.7 Å². The standard InChI is InChI=1S/C46H43N7O5/c47-36(21-30-24-48-37-14-6-3-11-33(30)37)43(54)51-40(22-31-25-49-38-15-7-4-12-34(31)38)44(55)52-41(23-32-26-50-39-16-8-5-13-35(32)39)45(56)53-42(46(57)58)20-27-17-18-28-9-1-2-10-29(28)19-27/h1-19,24-26,36,40-42,48-50H,20-23,47H2,(H,51,54)(H,52,55)(H,53,56)(H,57,58)/t36-,40-,41+,42-/m1/s1. The van der Waals surface area contributed by atoms with E-state index in [4.69, 9.17) is 5.73 Å². The predicted octanol–water partition coefficient (Wildman–Crippen LogP) is 5.42. The summed E-state index contributed by atoms with van der Waals surface area (Å²) in [4.78, 5) is 64.9. The molecule has 0 spiro atoms. The van der Waals surface area contributed by atoms with Crippen molar-refractivity contribution in [3.05, 3.63) is 156 Å². The summed E-state index contributed by atoms with van der Waals surface area (Å²) >= 11 is 0. The summed E-state index contributed by atoms with van der Waals surface area (Å²) in [6, 6.07) is 31.7. The normalized spacial score (nSPS) is 13.6. The molecule has 0 aliphatic heterocycles. The Labute approximate surface area is 333 Å². The molecule has 0 aliphatic rings. The van der Waals surface area contributed by atoms with Gasteiger partial charge in [0, 0.05) is 70.6 Å². The number of rotatable bonds is 15. The van der Waals surface area contributed by atoms with Crippen molar-refractivity contribution in [3.8, 4) is 0 Å². The lowest BCUT2D eigenvalue weighted by Gasteiger charge is -2.25. The number of carboxylic acids is 1. The number of hydrogen-bond acceptors (Lipinski definition) is 5. The lowest BCUT2D eigenvalue weighted by Crippen LogP contribution is -2.58. The van der Waals surface area contributed by atoms with E-state index in [1.807, 2.05) is 121 Å². The summed E-state index contributed by atoms with van der Waals surface area (Å²) in [6.07, 6.45) is 5.76. The van der Waals surface area contributed by atoms with Crippen molar-refractivity contribution >= 4 is 67.2 Å². The number of fused-ring (bicyclic) bond motifs is 4. The van der Waals surface area contributed by atoms with Crippen LogP contribution in [0, 0.1) is 0 Å². The van der Waals surface area contributed by atoms with Crippen LogP contribution in [0.5, 0.6) is 0 Å². The third-order valence-corrected chi connectivity index (χ3v) is 10.8. The van der Waals surface area contributed by atoms with Crippen LogP contribution >= 0.6 is 0 Å². The highest BCUT2D eigenvalue weighted by Crippen LogP contribution is 2.23. The molecule has 0 fully saturated rings. The number of carbonyl (C=O) groups is 4. The first-order chi connectivity index (χ1) is 28.2. The molecule has 12 nitrogen and oxygen atoms in total. The van der Waals surface area contributed by atoms with Crippen LogP contribution in [-0.4, -0.2) is 67.9 Å². The van der Waals surface area contributed by atoms with E-state index >= 15 is 0 Å². The van der Waals surface area contributed by atoms with Gasteiger partial charge in [0.2, 0.25) is 17.7 Å². The van der Waals surface area contributed by atoms with Crippen LogP contribution in [-0.2, 0) is 44.9 Å². The number of nitrogens with two attached hydrogens (primary N) is 1. The minimum absolute atomic E-state index is 0.0211. The molecule has 292 valence electrons. The quantitative estimate of drug-likeness (QED) is 0.0685. The van der Waals surface area contributed by atoms with Gasteiger partial charge in [-0.2, -0.15) is 0 Å². The molecule has 58 heavy (non-hydrogen) atoms. The van der Waals surface area contributed by atoms with Crippen LogP contribution in [0.3, 0.4) is 0 Å². The van der Waals surface area contributed by atoms with Crippen molar-refractivity contribution in [1.29, 1.82) is 0 Å². The van der Waals surface area contributed by atoms with Crippen LogP contribution in [0.25, 0.3) is 43.5 Å². The molecule has 12 heteroatoms. The van der Waals surface area contributed by atoms with Gasteiger partial charge in [0.1, 0.15) is 18.1 Å². The predicted molar refractivity (Wildman–Crippen MR) is 225 cm³/mol. The van der Waals surface area contributed by atoms with Crippen molar-refractivity contribution in [2.75, 3.05) is 0 Å². The lowest BCUT2D eigenvalue weighted by atomic mass is 9.99. The largest absolute Gasteiger partial charge is 0.480 e. The average molecular weight is 774 g/mol. The zero-order valence-electron chi connectivity index (χ0n) is 31.5. The number of carboxylic acid groups (broad SMARTS) is 1. The fourth-order valence-corrected chi connectivity index (χ4v) is 7.71. The SMILES string of the molecule is N[C@H](Cc1c[nH]c2ccccc12)C(=O)N[C@H](Cc1c[nH]c2ccccc12)C(=O)N[C@@H](Cc1c[nH]c2ccccc12)C(=O)N[C@H](Cc1ccc2ccccc2c1)C(=O)O. The molecule has 3 aromatic heterocycles. The van der Waals surface area contributed by atoms with Crippen LogP contribution in [0.4, 0.5) is 0 Å². The minimum atomic E-state index is -1.29. The fourth-order valence-electron chi connectivity index (χ4n) is 7.71. The maximum Gasteiger partial charge on any atom is 0.326 e. The summed E-state index contributed by atoms with van der Waals surface area (Å²) in [7, 11) is 0. The number of amides is 3. The molecule has 5 aromatic carbocycles. The monoisotopic (exact) mass is 773 g/mol. The number of benzene rings is 5. The first-order valence-electron chi connectivity index (χ1n) is 19.2. The number of H-pyrrole nitrogens is 3. The van der Waals surface area contributed by atoms with Gasteiger partial charge in [-0.1, -0.05) is 97.1 Å². The summed E-state index contributed by atoms with van der Waals surface area (Å²) in [5, 5.41) is 23.4. The first-order valence-corrected chi connectivity index (χ1v) is 19.2. The average Bonchev–Trinajstić information content (AvgIpc) is 3.97. The second-order valence-electron chi connectivity index (χ2n) is 14.7. The maximum atomic E-state index is 14.5. The molecule has 4 atom stereocenters. The Hall–Kier alpha value is -7.18. The molecule has 0 saturated heterocycles. The summed E-state index contributed by atoms with van der Waals surface area (Å²) in [5.41, 5.74) is 12.2. The van der Waals surface area contributed by atoms with Crippen LogP contribution < -0.4 is 21.7 Å². The molecule has 9 N–H and O–H groups in total. The number of nitrogens with one attached hydrogen (secondary N) is 6. The number of hydrogen-bond donors (Lipinski definition) is 8. The van der Waals surface area contributed by atoms with Crippen molar-refractivity contribution in [2.45, 2.75) is 49.9 Å². The fraction of sp³-hybridized carbons (Fsp3) is 0.174. The number of para-hydroxylation sites is 3. The Morgan fingerprint density at radius 3 is 1.45 bits per heavy atom. The molecular formula is C46H43N7O5. The minimum Gasteiger partial charge on any atom is -0.480 e. The van der Waals surface area contributed by atoms with E-state index in [0.717, 1.165) is 65.7 Å². The molecule has 0 radical (unpaired) electrons. The molecule has 8 rings (SSSR count). The van der Waals surface area contributed by atoms with Crippen LogP contribution in [0.2, 0.25) is 0 Å². The zero-order chi connectivity index (χ0) is 40.2. The number of aliphatic carboxylic acids is 1. The van der Waals surface area contributed by atoms with E-state index < -0.39 is 47.9 Å². The van der Waals surface area contributed by atoms with E-state index in [1.165, 1.54) is 0 Å². The summed E-state index contributed by atoms with van der Waals surface area (Å²) in [5.74, 6) is -3.06. The summed E-state index contributed by atoms with van der Waals surface area (Å²) in [6.45, 7) is 0. The van der Waals surface area contributed by atoms with E-state index in [0.29, 0.717) is 0 Å². The van der Waals surface area contributed by atoms with Crippen molar-refractivity contribution < 1.29 is 24.3 Å². The zero-order valence-corrected chi connectivity index (χ0v) is 31.5. The lowest BCUT2D eigenvalue weighted by molar-refractivity contribution is -0.142. The van der Waals surface area contributed by atoms with Crippen molar-refractivity contribution in [1.82, 2.24) is 30.9 Å². The van der Waals surface area contributed by atoms with Crippen LogP contribution in [0.1, 0.15) is 22.3 Å². The first kappa shape index (κ1) is 37.7. The number of aromatic nitrogens is 3. The molecule has 3 amide bonds. The number of aromatic amines is 3. The van der Waals surface area contributed by atoms with Gasteiger partial charge in [-0.3, -0.25) is 14.4 Å². The molecule has 3 heterocycles. The van der Waals surface area contributed by atoms with E-state index in [1.54, 1.807) is 12.4 Å². The Morgan fingerprint density at radius 2 is 0.931 bits per heavy atom. The Bertz CT molecular complexity index is 2780. The van der Waals surface area contributed by atoms with Gasteiger partial charge in [-0.15, -0.1) is 0 Å². The Morgan fingerprint density at radius 1 is 0.500 bits per heavy atom. The molecule has 0 saturated carbocycles. The van der Waals surface area contributed by atoms with Gasteiger partial charge in [0.05, 0.1) is 6.04 Å². The second-order valence-corrected chi connectivity index (χ2v) is 14.7. The Balaban J connectivity index is 1.07. The third kappa shape index (κ3) is 8.18. The highest BCUT2D eigenvalue weighted by molar-refractivity contribution is 5.96. The van der Waals surface area contributed by atoms with E-state index in [2.05, 4.69) is 30.9 Å². The van der Waals surface area contributed by atoms with Crippen molar-refractivity contribution in [3.63, 3.8) is 0 Å². The van der Waals surface area contributed by atoms with E-state index in [9.17, 15) is 24.3 Å². The van der Waals surface area contributed by atoms with Gasteiger partial charge in [-0.25, -0.2) is 4.79 Å². The van der Waals surface area contributed by atoms with Gasteiger partial charge in [0.25, 0.3) is 0 Å².